The number of anilines is 1. The van der Waals surface area contributed by atoms with Gasteiger partial charge in [-0.25, -0.2) is 13.2 Å². The Labute approximate surface area is 149 Å². The molecule has 0 spiro atoms. The molecule has 0 radical (unpaired) electrons. The molecule has 0 fully saturated rings. The van der Waals surface area contributed by atoms with Gasteiger partial charge in [-0.1, -0.05) is 30.3 Å². The van der Waals surface area contributed by atoms with E-state index < -0.39 is 31.6 Å². The van der Waals surface area contributed by atoms with E-state index in [1.807, 2.05) is 0 Å². The van der Waals surface area contributed by atoms with Gasteiger partial charge in [-0.2, -0.15) is 0 Å². The summed E-state index contributed by atoms with van der Waals surface area (Å²) in [5, 5.41) is 20.5. The fourth-order valence-electron chi connectivity index (χ4n) is 2.86. The molecule has 2 aromatic carbocycles. The summed E-state index contributed by atoms with van der Waals surface area (Å²) < 4.78 is 27.4. The van der Waals surface area contributed by atoms with Gasteiger partial charge in [0.05, 0.1) is 23.7 Å². The molecule has 1 aliphatic rings. The minimum absolute atomic E-state index is 0.0361. The minimum atomic E-state index is -4.25. The third-order valence-corrected chi connectivity index (χ3v) is 5.96. The number of carbonyl (C=O) groups is 1. The zero-order valence-electron chi connectivity index (χ0n) is 13.5. The molecule has 0 bridgehead atoms. The Bertz CT molecular complexity index is 975. The van der Waals surface area contributed by atoms with Crippen molar-refractivity contribution >= 4 is 27.5 Å². The maximum absolute atomic E-state index is 13.2. The molecule has 1 heterocycles. The minimum Gasteiger partial charge on any atom is -0.465 e. The van der Waals surface area contributed by atoms with Crippen LogP contribution in [0.15, 0.2) is 53.4 Å². The third-order valence-electron chi connectivity index (χ3n) is 4.10. The third kappa shape index (κ3) is 3.06. The average Bonchev–Trinajstić information content (AvgIpc) is 2.82. The van der Waals surface area contributed by atoms with Gasteiger partial charge >= 0.3 is 6.09 Å². The van der Waals surface area contributed by atoms with Crippen LogP contribution in [-0.2, 0) is 16.6 Å². The summed E-state index contributed by atoms with van der Waals surface area (Å²) in [4.78, 5) is 22.5. The Morgan fingerprint density at radius 1 is 1.08 bits per heavy atom. The number of amides is 1. The molecule has 3 rings (SSSR count). The highest BCUT2D eigenvalue weighted by Crippen LogP contribution is 2.33. The lowest BCUT2D eigenvalue weighted by molar-refractivity contribution is -0.387. The second-order valence-corrected chi connectivity index (χ2v) is 7.47. The van der Waals surface area contributed by atoms with E-state index in [0.29, 0.717) is 11.3 Å². The van der Waals surface area contributed by atoms with Crippen LogP contribution in [0.1, 0.15) is 5.56 Å². The fraction of sp³-hybridized carbons (Fsp3) is 0.188. The monoisotopic (exact) mass is 377 g/mol. The van der Waals surface area contributed by atoms with Gasteiger partial charge in [-0.3, -0.25) is 14.4 Å². The maximum atomic E-state index is 13.2. The number of hydrogen-bond donors (Lipinski definition) is 1. The molecule has 1 amide bonds. The number of hydrogen-bond acceptors (Lipinski definition) is 5. The van der Waals surface area contributed by atoms with Crippen LogP contribution in [0.3, 0.4) is 0 Å². The predicted octanol–water partition coefficient (Wildman–Crippen LogP) is 2.28. The van der Waals surface area contributed by atoms with Crippen LogP contribution in [0.4, 0.5) is 16.2 Å². The van der Waals surface area contributed by atoms with Gasteiger partial charge in [0.25, 0.3) is 15.7 Å². The Hall–Kier alpha value is -3.14. The summed E-state index contributed by atoms with van der Waals surface area (Å²) in [5.74, 6) is 0. The highest BCUT2D eigenvalue weighted by molar-refractivity contribution is 7.93. The molecular formula is C16H15N3O6S. The number of nitrogens with zero attached hydrogens (tertiary/aromatic N) is 3. The second kappa shape index (κ2) is 6.64. The number of rotatable bonds is 3. The van der Waals surface area contributed by atoms with Crippen LogP contribution < -0.4 is 4.31 Å². The number of carboxylic acid groups (broad SMARTS) is 1. The van der Waals surface area contributed by atoms with Crippen molar-refractivity contribution < 1.29 is 23.2 Å². The van der Waals surface area contributed by atoms with Gasteiger partial charge in [0, 0.05) is 12.6 Å². The lowest BCUT2D eigenvalue weighted by Gasteiger charge is -2.24. The standard InChI is InChI=1S/C16H15N3O6S/c20-16(21)17-9-10-18(13-6-2-1-5-12(13)11-17)26(24,25)15-8-4-3-7-14(15)19(22)23/h1-8H,9-11H2,(H,20,21). The van der Waals surface area contributed by atoms with Crippen molar-refractivity contribution in [3.8, 4) is 0 Å². The molecule has 1 N–H and O–H groups in total. The van der Waals surface area contributed by atoms with E-state index in [1.165, 1.54) is 18.2 Å². The summed E-state index contributed by atoms with van der Waals surface area (Å²) in [5.41, 5.74) is 0.299. The van der Waals surface area contributed by atoms with Crippen LogP contribution in [0.25, 0.3) is 0 Å². The fourth-order valence-corrected chi connectivity index (χ4v) is 4.52. The first-order valence-corrected chi connectivity index (χ1v) is 9.08. The molecule has 10 heteroatoms. The zero-order chi connectivity index (χ0) is 18.9. The van der Waals surface area contributed by atoms with Crippen LogP contribution in [0.2, 0.25) is 0 Å². The Balaban J connectivity index is 2.14. The van der Waals surface area contributed by atoms with Crippen molar-refractivity contribution in [1.29, 1.82) is 0 Å². The number of para-hydroxylation sites is 2. The lowest BCUT2D eigenvalue weighted by Crippen LogP contribution is -2.37. The highest BCUT2D eigenvalue weighted by Gasteiger charge is 2.35. The Morgan fingerprint density at radius 2 is 1.73 bits per heavy atom. The number of fused-ring (bicyclic) bond motifs is 1. The first-order chi connectivity index (χ1) is 12.3. The number of nitro groups is 1. The molecule has 2 aromatic rings. The summed E-state index contributed by atoms with van der Waals surface area (Å²) in [7, 11) is -4.25. The topological polar surface area (TPSA) is 121 Å². The average molecular weight is 377 g/mol. The number of sulfonamides is 1. The Kier molecular flexibility index (Phi) is 4.51. The van der Waals surface area contributed by atoms with Crippen LogP contribution in [0, 0.1) is 10.1 Å². The van der Waals surface area contributed by atoms with Gasteiger partial charge in [0.1, 0.15) is 0 Å². The van der Waals surface area contributed by atoms with E-state index in [0.717, 1.165) is 15.3 Å². The first kappa shape index (κ1) is 17.7. The summed E-state index contributed by atoms with van der Waals surface area (Å²) >= 11 is 0. The zero-order valence-corrected chi connectivity index (χ0v) is 14.3. The van der Waals surface area contributed by atoms with Crippen molar-refractivity contribution in [2.24, 2.45) is 0 Å². The van der Waals surface area contributed by atoms with Crippen LogP contribution in [0.5, 0.6) is 0 Å². The van der Waals surface area contributed by atoms with E-state index >= 15 is 0 Å². The molecule has 0 saturated heterocycles. The molecule has 0 aromatic heterocycles. The lowest BCUT2D eigenvalue weighted by atomic mass is 10.2. The molecule has 0 unspecified atom stereocenters. The van der Waals surface area contributed by atoms with Crippen molar-refractivity contribution in [3.63, 3.8) is 0 Å². The largest absolute Gasteiger partial charge is 0.465 e. The van der Waals surface area contributed by atoms with Crippen molar-refractivity contribution in [1.82, 2.24) is 4.90 Å². The van der Waals surface area contributed by atoms with E-state index in [4.69, 9.17) is 0 Å². The van der Waals surface area contributed by atoms with E-state index in [1.54, 1.807) is 24.3 Å². The number of benzene rings is 2. The quantitative estimate of drug-likeness (QED) is 0.647. The predicted molar refractivity (Wildman–Crippen MR) is 92.5 cm³/mol. The van der Waals surface area contributed by atoms with Crippen LogP contribution >= 0.6 is 0 Å². The normalized spacial score (nSPS) is 14.5. The molecule has 26 heavy (non-hydrogen) atoms. The van der Waals surface area contributed by atoms with Crippen molar-refractivity contribution in [2.75, 3.05) is 17.4 Å². The molecule has 9 nitrogen and oxygen atoms in total. The molecular weight excluding hydrogens is 362 g/mol. The molecule has 0 aliphatic carbocycles. The molecule has 0 saturated carbocycles. The van der Waals surface area contributed by atoms with Gasteiger partial charge in [-0.05, 0) is 17.7 Å². The summed E-state index contributed by atoms with van der Waals surface area (Å²) in [6.07, 6.45) is -1.16. The van der Waals surface area contributed by atoms with Gasteiger partial charge in [0.2, 0.25) is 0 Å². The van der Waals surface area contributed by atoms with Gasteiger partial charge in [-0.15, -0.1) is 0 Å². The maximum Gasteiger partial charge on any atom is 0.407 e. The Morgan fingerprint density at radius 3 is 2.42 bits per heavy atom. The van der Waals surface area contributed by atoms with Crippen molar-refractivity contribution in [3.05, 3.63) is 64.2 Å². The van der Waals surface area contributed by atoms with E-state index in [2.05, 4.69) is 0 Å². The smallest absolute Gasteiger partial charge is 0.407 e. The van der Waals surface area contributed by atoms with Gasteiger partial charge in [0.15, 0.2) is 4.90 Å². The van der Waals surface area contributed by atoms with E-state index in [9.17, 15) is 28.4 Å². The first-order valence-electron chi connectivity index (χ1n) is 7.64. The van der Waals surface area contributed by atoms with Crippen molar-refractivity contribution in [2.45, 2.75) is 11.4 Å². The summed E-state index contributed by atoms with van der Waals surface area (Å²) in [6, 6.07) is 11.6. The molecule has 0 atom stereocenters. The second-order valence-electron chi connectivity index (χ2n) is 5.63. The van der Waals surface area contributed by atoms with Crippen LogP contribution in [-0.4, -0.2) is 42.5 Å². The molecule has 136 valence electrons. The summed E-state index contributed by atoms with van der Waals surface area (Å²) in [6.45, 7) is -0.157. The SMILES string of the molecule is O=C(O)N1CCN(S(=O)(=O)c2ccccc2[N+](=O)[O-])c2ccccc2C1. The van der Waals surface area contributed by atoms with E-state index in [-0.39, 0.29) is 19.6 Å². The van der Waals surface area contributed by atoms with Gasteiger partial charge < -0.3 is 10.0 Å². The highest BCUT2D eigenvalue weighted by atomic mass is 32.2. The molecule has 1 aliphatic heterocycles. The number of nitro benzene ring substituents is 1.